The van der Waals surface area contributed by atoms with Crippen LogP contribution < -0.4 is 5.56 Å². The molecule has 5 nitrogen and oxygen atoms in total. The maximum atomic E-state index is 11.5. The summed E-state index contributed by atoms with van der Waals surface area (Å²) in [4.78, 5) is 15.6. The van der Waals surface area contributed by atoms with E-state index >= 15 is 0 Å². The normalized spacial score (nSPS) is 10.2. The van der Waals surface area contributed by atoms with E-state index in [1.807, 2.05) is 6.07 Å². The number of aryl methyl sites for hydroxylation is 1. The summed E-state index contributed by atoms with van der Waals surface area (Å²) in [5.41, 5.74) is 0.726. The Kier molecular flexibility index (Phi) is 1.43. The van der Waals surface area contributed by atoms with Gasteiger partial charge in [-0.1, -0.05) is 0 Å². The van der Waals surface area contributed by atoms with Crippen molar-refractivity contribution in [3.63, 3.8) is 0 Å². The largest absolute Gasteiger partial charge is 0.297 e. The molecule has 0 saturated heterocycles. The first kappa shape index (κ1) is 7.55. The van der Waals surface area contributed by atoms with Gasteiger partial charge in [-0.05, 0) is 6.92 Å². The number of hydrogen-bond acceptors (Lipinski definition) is 3. The smallest absolute Gasteiger partial charge is 0.290 e. The first-order valence-electron chi connectivity index (χ1n) is 3.71. The molecular weight excluding hydrogens is 168 g/mol. The summed E-state index contributed by atoms with van der Waals surface area (Å²) < 4.78 is 1.24. The molecule has 0 saturated carbocycles. The van der Waals surface area contributed by atoms with Gasteiger partial charge in [-0.15, -0.1) is 0 Å². The van der Waals surface area contributed by atoms with Gasteiger partial charge in [-0.25, -0.2) is 9.50 Å². The first-order chi connectivity index (χ1) is 6.24. The summed E-state index contributed by atoms with van der Waals surface area (Å²) in [5, 5.41) is 11.4. The molecule has 2 heterocycles. The average molecular weight is 174 g/mol. The Morgan fingerprint density at radius 3 is 3.15 bits per heavy atom. The quantitative estimate of drug-likeness (QED) is 0.620. The minimum Gasteiger partial charge on any atom is -0.297 e. The summed E-state index contributed by atoms with van der Waals surface area (Å²) in [6.07, 6.45) is 1.60. The monoisotopic (exact) mass is 174 g/mol. The molecule has 0 amide bonds. The molecule has 1 N–H and O–H groups in total. The van der Waals surface area contributed by atoms with E-state index in [0.717, 1.165) is 0 Å². The van der Waals surface area contributed by atoms with Gasteiger partial charge in [0.05, 0.1) is 5.69 Å². The Morgan fingerprint density at radius 2 is 2.46 bits per heavy atom. The van der Waals surface area contributed by atoms with E-state index in [9.17, 15) is 4.79 Å². The van der Waals surface area contributed by atoms with Crippen molar-refractivity contribution in [1.29, 1.82) is 5.26 Å². The second kappa shape index (κ2) is 2.45. The Bertz CT molecular complexity index is 558. The summed E-state index contributed by atoms with van der Waals surface area (Å²) >= 11 is 0. The zero-order chi connectivity index (χ0) is 9.42. The van der Waals surface area contributed by atoms with Crippen molar-refractivity contribution in [2.45, 2.75) is 6.92 Å². The van der Waals surface area contributed by atoms with E-state index in [-0.39, 0.29) is 11.1 Å². The van der Waals surface area contributed by atoms with Gasteiger partial charge in [0.25, 0.3) is 5.56 Å². The van der Waals surface area contributed by atoms with Crippen LogP contribution in [-0.4, -0.2) is 14.6 Å². The molecule has 13 heavy (non-hydrogen) atoms. The lowest BCUT2D eigenvalue weighted by atomic mass is 10.2. The van der Waals surface area contributed by atoms with Gasteiger partial charge in [-0.3, -0.25) is 9.89 Å². The maximum Gasteiger partial charge on any atom is 0.290 e. The Hall–Kier alpha value is -2.09. The third kappa shape index (κ3) is 0.924. The summed E-state index contributed by atoms with van der Waals surface area (Å²) in [7, 11) is 0. The van der Waals surface area contributed by atoms with Crippen molar-refractivity contribution in [1.82, 2.24) is 14.6 Å². The highest BCUT2D eigenvalue weighted by Crippen LogP contribution is 2.00. The van der Waals surface area contributed by atoms with Gasteiger partial charge in [0.1, 0.15) is 11.6 Å². The lowest BCUT2D eigenvalue weighted by Crippen LogP contribution is -2.19. The van der Waals surface area contributed by atoms with Crippen LogP contribution in [0.1, 0.15) is 11.3 Å². The lowest BCUT2D eigenvalue weighted by molar-refractivity contribution is 0.883. The van der Waals surface area contributed by atoms with Gasteiger partial charge in [0.2, 0.25) is 0 Å². The van der Waals surface area contributed by atoms with E-state index in [1.165, 1.54) is 4.52 Å². The number of nitrogens with zero attached hydrogens (tertiary/aromatic N) is 3. The minimum atomic E-state index is -0.352. The average Bonchev–Trinajstić information content (AvgIpc) is 2.53. The van der Waals surface area contributed by atoms with Crippen LogP contribution in [0.25, 0.3) is 5.65 Å². The topological polar surface area (TPSA) is 74.0 Å². The molecule has 0 aliphatic heterocycles. The van der Waals surface area contributed by atoms with Gasteiger partial charge >= 0.3 is 0 Å². The summed E-state index contributed by atoms with van der Waals surface area (Å²) in [6, 6.07) is 3.51. The Morgan fingerprint density at radius 1 is 1.69 bits per heavy atom. The summed E-state index contributed by atoms with van der Waals surface area (Å²) in [5.74, 6) is 0. The first-order valence-corrected chi connectivity index (χ1v) is 3.71. The van der Waals surface area contributed by atoms with Crippen LogP contribution in [-0.2, 0) is 0 Å². The van der Waals surface area contributed by atoms with Crippen molar-refractivity contribution in [3.05, 3.63) is 33.9 Å². The fourth-order valence-electron chi connectivity index (χ4n) is 1.20. The van der Waals surface area contributed by atoms with Crippen molar-refractivity contribution in [3.8, 4) is 6.07 Å². The molecule has 0 aliphatic carbocycles. The minimum absolute atomic E-state index is 0.0833. The van der Waals surface area contributed by atoms with E-state index < -0.39 is 0 Å². The van der Waals surface area contributed by atoms with Crippen molar-refractivity contribution in [2.75, 3.05) is 0 Å². The van der Waals surface area contributed by atoms with Gasteiger partial charge in [0.15, 0.2) is 5.65 Å². The van der Waals surface area contributed by atoms with Gasteiger partial charge in [-0.2, -0.15) is 5.26 Å². The number of nitriles is 1. The van der Waals surface area contributed by atoms with E-state index in [1.54, 1.807) is 19.2 Å². The second-order valence-corrected chi connectivity index (χ2v) is 2.65. The molecule has 0 spiro atoms. The van der Waals surface area contributed by atoms with Crippen LogP contribution in [0.4, 0.5) is 0 Å². The lowest BCUT2D eigenvalue weighted by Gasteiger charge is -1.96. The predicted molar refractivity (Wildman–Crippen MR) is 45.3 cm³/mol. The highest BCUT2D eigenvalue weighted by Gasteiger charge is 2.08. The van der Waals surface area contributed by atoms with E-state index in [0.29, 0.717) is 11.3 Å². The number of fused-ring (bicyclic) bond motifs is 1. The molecule has 0 fully saturated rings. The SMILES string of the molecule is Cc1nc2cc[nH]n2c(=O)c1C#N. The highest BCUT2D eigenvalue weighted by molar-refractivity contribution is 5.42. The standard InChI is InChI=1S/C8H6N4O/c1-5-6(4-9)8(13)12-7(11-5)2-3-10-12/h2-3,10H,1H3. The van der Waals surface area contributed by atoms with Crippen LogP contribution in [0.3, 0.4) is 0 Å². The van der Waals surface area contributed by atoms with Gasteiger partial charge in [0, 0.05) is 12.3 Å². The molecule has 0 aromatic carbocycles. The number of aromatic nitrogens is 3. The van der Waals surface area contributed by atoms with Crippen molar-refractivity contribution < 1.29 is 0 Å². The third-order valence-corrected chi connectivity index (χ3v) is 1.84. The van der Waals surface area contributed by atoms with Crippen LogP contribution in [0.2, 0.25) is 0 Å². The Balaban J connectivity index is 3.04. The molecule has 0 atom stereocenters. The molecule has 64 valence electrons. The third-order valence-electron chi connectivity index (χ3n) is 1.84. The number of H-pyrrole nitrogens is 1. The number of nitrogens with one attached hydrogen (secondary N) is 1. The molecule has 0 radical (unpaired) electrons. The molecule has 0 bridgehead atoms. The fraction of sp³-hybridized carbons (Fsp3) is 0.125. The maximum absolute atomic E-state index is 11.5. The van der Waals surface area contributed by atoms with Crippen molar-refractivity contribution >= 4 is 5.65 Å². The zero-order valence-electron chi connectivity index (χ0n) is 6.90. The van der Waals surface area contributed by atoms with Crippen LogP contribution in [0.15, 0.2) is 17.1 Å². The zero-order valence-corrected chi connectivity index (χ0v) is 6.90. The van der Waals surface area contributed by atoms with Crippen LogP contribution in [0, 0.1) is 18.3 Å². The number of aromatic amines is 1. The molecular formula is C8H6N4O. The van der Waals surface area contributed by atoms with E-state index in [4.69, 9.17) is 5.26 Å². The van der Waals surface area contributed by atoms with E-state index in [2.05, 4.69) is 10.1 Å². The molecule has 2 aromatic heterocycles. The van der Waals surface area contributed by atoms with Gasteiger partial charge < -0.3 is 0 Å². The van der Waals surface area contributed by atoms with Crippen molar-refractivity contribution in [2.24, 2.45) is 0 Å². The predicted octanol–water partition coefficient (Wildman–Crippen LogP) is 0.203. The molecule has 5 heteroatoms. The molecule has 0 unspecified atom stereocenters. The second-order valence-electron chi connectivity index (χ2n) is 2.65. The number of rotatable bonds is 0. The molecule has 0 aliphatic rings. The summed E-state index contributed by atoms with van der Waals surface area (Å²) in [6.45, 7) is 1.65. The molecule has 2 aromatic rings. The fourth-order valence-corrected chi connectivity index (χ4v) is 1.20. The van der Waals surface area contributed by atoms with Crippen LogP contribution >= 0.6 is 0 Å². The number of hydrogen-bond donors (Lipinski definition) is 1. The highest BCUT2D eigenvalue weighted by atomic mass is 16.1. The Labute approximate surface area is 73.2 Å². The van der Waals surface area contributed by atoms with Crippen LogP contribution in [0.5, 0.6) is 0 Å². The molecule has 2 rings (SSSR count).